The summed E-state index contributed by atoms with van der Waals surface area (Å²) in [5.74, 6) is 0. The summed E-state index contributed by atoms with van der Waals surface area (Å²) in [4.78, 5) is 2.45. The van der Waals surface area contributed by atoms with Gasteiger partial charge in [0.15, 0.2) is 0 Å². The molecule has 0 unspecified atom stereocenters. The van der Waals surface area contributed by atoms with Crippen LogP contribution < -0.4 is 5.32 Å². The first-order valence-corrected chi connectivity index (χ1v) is 5.84. The maximum Gasteiger partial charge on any atom is 0.128 e. The molecule has 1 aliphatic rings. The third-order valence-corrected chi connectivity index (χ3v) is 2.74. The predicted molar refractivity (Wildman–Crippen MR) is 60.1 cm³/mol. The van der Waals surface area contributed by atoms with E-state index >= 15 is 0 Å². The van der Waals surface area contributed by atoms with Crippen molar-refractivity contribution in [3.63, 3.8) is 0 Å². The maximum absolute atomic E-state index is 5.30. The van der Waals surface area contributed by atoms with E-state index in [4.69, 9.17) is 9.26 Å². The molecule has 0 amide bonds. The second kappa shape index (κ2) is 6.62. The average molecular weight is 225 g/mol. The third-order valence-electron chi connectivity index (χ3n) is 2.74. The third kappa shape index (κ3) is 3.92. The van der Waals surface area contributed by atoms with Gasteiger partial charge in [0.2, 0.25) is 0 Å². The molecule has 0 bridgehead atoms. The van der Waals surface area contributed by atoms with Crippen LogP contribution in [0.1, 0.15) is 12.0 Å². The second-order valence-electron chi connectivity index (χ2n) is 4.02. The lowest BCUT2D eigenvalue weighted by molar-refractivity contribution is 0.0374. The Balaban J connectivity index is 1.48. The van der Waals surface area contributed by atoms with E-state index in [2.05, 4.69) is 15.4 Å². The van der Waals surface area contributed by atoms with Crippen molar-refractivity contribution >= 4 is 0 Å². The lowest BCUT2D eigenvalue weighted by Crippen LogP contribution is -2.37. The van der Waals surface area contributed by atoms with Crippen LogP contribution in [0.15, 0.2) is 17.0 Å². The van der Waals surface area contributed by atoms with Crippen LogP contribution in [0.25, 0.3) is 0 Å². The van der Waals surface area contributed by atoms with Crippen molar-refractivity contribution in [2.24, 2.45) is 0 Å². The Morgan fingerprint density at radius 3 is 3.00 bits per heavy atom. The van der Waals surface area contributed by atoms with Gasteiger partial charge < -0.3 is 14.6 Å². The summed E-state index contributed by atoms with van der Waals surface area (Å²) in [5, 5.41) is 7.03. The Bertz CT molecular complexity index is 271. The van der Waals surface area contributed by atoms with E-state index in [0.29, 0.717) is 0 Å². The zero-order valence-corrected chi connectivity index (χ0v) is 9.52. The Morgan fingerprint density at radius 2 is 2.25 bits per heavy atom. The van der Waals surface area contributed by atoms with Gasteiger partial charge in [0.1, 0.15) is 6.26 Å². The first-order chi connectivity index (χ1) is 7.95. The summed E-state index contributed by atoms with van der Waals surface area (Å²) in [5.41, 5.74) is 1.10. The van der Waals surface area contributed by atoms with Gasteiger partial charge in [-0.1, -0.05) is 5.16 Å². The monoisotopic (exact) mass is 225 g/mol. The van der Waals surface area contributed by atoms with Crippen molar-refractivity contribution < 1.29 is 9.26 Å². The van der Waals surface area contributed by atoms with Gasteiger partial charge in [-0.2, -0.15) is 0 Å². The van der Waals surface area contributed by atoms with Gasteiger partial charge in [0.05, 0.1) is 19.4 Å². The number of rotatable bonds is 6. The van der Waals surface area contributed by atoms with Crippen molar-refractivity contribution in [2.45, 2.75) is 13.0 Å². The van der Waals surface area contributed by atoms with Crippen LogP contribution in [-0.2, 0) is 11.3 Å². The predicted octanol–water partition coefficient (Wildman–Crippen LogP) is 0.486. The number of hydrogen-bond acceptors (Lipinski definition) is 5. The number of hydrogen-bond donors (Lipinski definition) is 1. The molecule has 0 atom stereocenters. The topological polar surface area (TPSA) is 50.5 Å². The summed E-state index contributed by atoms with van der Waals surface area (Å²) in [6.45, 7) is 6.94. The van der Waals surface area contributed by atoms with Crippen LogP contribution in [0.3, 0.4) is 0 Å². The fourth-order valence-electron chi connectivity index (χ4n) is 1.80. The first-order valence-electron chi connectivity index (χ1n) is 5.84. The van der Waals surface area contributed by atoms with Crippen LogP contribution in [0.2, 0.25) is 0 Å². The molecule has 0 radical (unpaired) electrons. The molecule has 1 aromatic rings. The van der Waals surface area contributed by atoms with Gasteiger partial charge >= 0.3 is 0 Å². The smallest absolute Gasteiger partial charge is 0.128 e. The van der Waals surface area contributed by atoms with Gasteiger partial charge in [0.25, 0.3) is 0 Å². The molecule has 1 aromatic heterocycles. The molecule has 0 aliphatic carbocycles. The summed E-state index contributed by atoms with van der Waals surface area (Å²) in [6, 6.07) is 0. The zero-order valence-electron chi connectivity index (χ0n) is 9.52. The van der Waals surface area contributed by atoms with Crippen LogP contribution in [0.4, 0.5) is 0 Å². The van der Waals surface area contributed by atoms with Crippen LogP contribution in [0, 0.1) is 0 Å². The standard InChI is InChI=1S/C11H19N3O2/c1(3-14-4-6-15-7-5-14)2-12-8-11-9-13-16-10-11/h9-10,12H,1-8H2. The highest BCUT2D eigenvalue weighted by atomic mass is 16.5. The molecule has 0 saturated carbocycles. The Hall–Kier alpha value is -0.910. The molecule has 90 valence electrons. The van der Waals surface area contributed by atoms with E-state index in [1.807, 2.05) is 0 Å². The van der Waals surface area contributed by atoms with Crippen molar-refractivity contribution in [1.82, 2.24) is 15.4 Å². The average Bonchev–Trinajstić information content (AvgIpc) is 2.83. The van der Waals surface area contributed by atoms with E-state index in [1.54, 1.807) is 12.5 Å². The molecule has 1 N–H and O–H groups in total. The van der Waals surface area contributed by atoms with Crippen molar-refractivity contribution in [3.05, 3.63) is 18.0 Å². The van der Waals surface area contributed by atoms with Gasteiger partial charge in [0, 0.05) is 25.2 Å². The second-order valence-corrected chi connectivity index (χ2v) is 4.02. The van der Waals surface area contributed by atoms with E-state index in [9.17, 15) is 0 Å². The lowest BCUT2D eigenvalue weighted by Gasteiger charge is -2.26. The number of nitrogens with zero attached hydrogens (tertiary/aromatic N) is 2. The summed E-state index contributed by atoms with van der Waals surface area (Å²) < 4.78 is 10.1. The fourth-order valence-corrected chi connectivity index (χ4v) is 1.80. The molecule has 5 heteroatoms. The summed E-state index contributed by atoms with van der Waals surface area (Å²) in [6.07, 6.45) is 4.59. The van der Waals surface area contributed by atoms with Crippen molar-refractivity contribution in [2.75, 3.05) is 39.4 Å². The van der Waals surface area contributed by atoms with Gasteiger partial charge in [-0.25, -0.2) is 0 Å². The molecular weight excluding hydrogens is 206 g/mol. The minimum atomic E-state index is 0.840. The van der Waals surface area contributed by atoms with E-state index in [-0.39, 0.29) is 0 Å². The zero-order chi connectivity index (χ0) is 11.1. The SMILES string of the molecule is c1nocc1CNCCCN1CCOCC1. The minimum absolute atomic E-state index is 0.840. The highest BCUT2D eigenvalue weighted by Gasteiger charge is 2.08. The van der Waals surface area contributed by atoms with E-state index in [0.717, 1.165) is 51.5 Å². The molecule has 16 heavy (non-hydrogen) atoms. The quantitative estimate of drug-likeness (QED) is 0.714. The summed E-state index contributed by atoms with van der Waals surface area (Å²) in [7, 11) is 0. The fraction of sp³-hybridized carbons (Fsp3) is 0.727. The Kier molecular flexibility index (Phi) is 4.79. The molecule has 0 spiro atoms. The molecule has 1 aliphatic heterocycles. The van der Waals surface area contributed by atoms with E-state index in [1.165, 1.54) is 6.42 Å². The normalized spacial score (nSPS) is 17.8. The molecule has 1 fully saturated rings. The minimum Gasteiger partial charge on any atom is -0.379 e. The number of nitrogens with one attached hydrogen (secondary N) is 1. The number of aromatic nitrogens is 1. The Labute approximate surface area is 95.7 Å². The van der Waals surface area contributed by atoms with E-state index < -0.39 is 0 Å². The van der Waals surface area contributed by atoms with Gasteiger partial charge in [-0.05, 0) is 19.5 Å². The highest BCUT2D eigenvalue weighted by molar-refractivity contribution is 4.98. The summed E-state index contributed by atoms with van der Waals surface area (Å²) >= 11 is 0. The number of morpholine rings is 1. The lowest BCUT2D eigenvalue weighted by atomic mass is 10.3. The van der Waals surface area contributed by atoms with Crippen molar-refractivity contribution in [1.29, 1.82) is 0 Å². The van der Waals surface area contributed by atoms with Crippen LogP contribution >= 0.6 is 0 Å². The Morgan fingerprint density at radius 1 is 1.38 bits per heavy atom. The molecule has 0 aromatic carbocycles. The maximum atomic E-state index is 5.30. The first kappa shape index (κ1) is 11.6. The number of ether oxygens (including phenoxy) is 1. The van der Waals surface area contributed by atoms with Crippen molar-refractivity contribution in [3.8, 4) is 0 Å². The molecule has 2 heterocycles. The molecule has 2 rings (SSSR count). The van der Waals surface area contributed by atoms with Crippen LogP contribution in [-0.4, -0.2) is 49.4 Å². The van der Waals surface area contributed by atoms with Crippen LogP contribution in [0.5, 0.6) is 0 Å². The molecular formula is C11H19N3O2. The largest absolute Gasteiger partial charge is 0.379 e. The molecule has 5 nitrogen and oxygen atoms in total. The highest BCUT2D eigenvalue weighted by Crippen LogP contribution is 1.98. The molecule has 1 saturated heterocycles. The van der Waals surface area contributed by atoms with Gasteiger partial charge in [-0.3, -0.25) is 4.90 Å². The van der Waals surface area contributed by atoms with Gasteiger partial charge in [-0.15, -0.1) is 0 Å².